The van der Waals surface area contributed by atoms with Crippen LogP contribution in [0.25, 0.3) is 0 Å². The average Bonchev–Trinajstić information content (AvgIpc) is 2.63. The van der Waals surface area contributed by atoms with Gasteiger partial charge >= 0.3 is 6.09 Å². The van der Waals surface area contributed by atoms with Crippen molar-refractivity contribution in [2.24, 2.45) is 0 Å². The number of aromatic nitrogens is 2. The zero-order valence-electron chi connectivity index (χ0n) is 15.6. The Bertz CT molecular complexity index is 640. The van der Waals surface area contributed by atoms with Gasteiger partial charge in [-0.15, -0.1) is 10.2 Å². The lowest BCUT2D eigenvalue weighted by Crippen LogP contribution is -2.62. The number of hydrogen-bond donors (Lipinski definition) is 1. The Hall–Kier alpha value is -1.56. The molecule has 2 bridgehead atoms. The van der Waals surface area contributed by atoms with Gasteiger partial charge in [-0.3, -0.25) is 4.90 Å². The van der Waals surface area contributed by atoms with Crippen molar-refractivity contribution in [1.29, 1.82) is 0 Å². The fraction of sp³-hybridized carbons (Fsp3) is 0.722. The maximum atomic E-state index is 12.8. The Balaban J connectivity index is 1.77. The highest BCUT2D eigenvalue weighted by atomic mass is 35.5. The highest BCUT2D eigenvalue weighted by Gasteiger charge is 2.58. The van der Waals surface area contributed by atoms with Crippen LogP contribution in [0.2, 0.25) is 5.15 Å². The molecule has 3 atom stereocenters. The average molecular weight is 367 g/mol. The van der Waals surface area contributed by atoms with E-state index in [1.165, 1.54) is 0 Å². The minimum atomic E-state index is -0.489. The van der Waals surface area contributed by atoms with Gasteiger partial charge < -0.3 is 10.1 Å². The molecular weight excluding hydrogens is 340 g/mol. The molecule has 25 heavy (non-hydrogen) atoms. The molecule has 6 nitrogen and oxygen atoms in total. The molecule has 0 radical (unpaired) electrons. The number of piperidine rings is 1. The molecule has 1 N–H and O–H groups in total. The number of halogens is 1. The van der Waals surface area contributed by atoms with Crippen molar-refractivity contribution in [1.82, 2.24) is 15.1 Å². The number of nitrogens with one attached hydrogen (secondary N) is 1. The van der Waals surface area contributed by atoms with E-state index < -0.39 is 5.60 Å². The molecule has 2 fully saturated rings. The Morgan fingerprint density at radius 2 is 1.84 bits per heavy atom. The molecule has 0 spiro atoms. The lowest BCUT2D eigenvalue weighted by Gasteiger charge is -2.51. The minimum absolute atomic E-state index is 0.209. The molecule has 3 rings (SSSR count). The lowest BCUT2D eigenvalue weighted by atomic mass is 9.82. The van der Waals surface area contributed by atoms with Gasteiger partial charge in [-0.05, 0) is 72.4 Å². The maximum absolute atomic E-state index is 12.8. The van der Waals surface area contributed by atoms with Gasteiger partial charge in [-0.25, -0.2) is 4.79 Å². The smallest absolute Gasteiger partial charge is 0.411 e. The maximum Gasteiger partial charge on any atom is 0.411 e. The van der Waals surface area contributed by atoms with Gasteiger partial charge in [-0.2, -0.15) is 0 Å². The molecule has 0 unspecified atom stereocenters. The summed E-state index contributed by atoms with van der Waals surface area (Å²) >= 11 is 5.80. The number of carbonyl (C=O) groups excluding carboxylic acids is 1. The first-order valence-corrected chi connectivity index (χ1v) is 9.18. The predicted molar refractivity (Wildman–Crippen MR) is 97.8 cm³/mol. The summed E-state index contributed by atoms with van der Waals surface area (Å²) in [4.78, 5) is 14.8. The van der Waals surface area contributed by atoms with E-state index >= 15 is 0 Å². The fourth-order valence-electron chi connectivity index (χ4n) is 4.39. The molecule has 1 aromatic heterocycles. The van der Waals surface area contributed by atoms with E-state index in [4.69, 9.17) is 16.3 Å². The van der Waals surface area contributed by atoms with Crippen LogP contribution in [0.4, 0.5) is 10.6 Å². The molecule has 0 aliphatic carbocycles. The number of ether oxygens (including phenoxy) is 1. The van der Waals surface area contributed by atoms with E-state index in [0.29, 0.717) is 11.0 Å². The number of anilines is 1. The second kappa shape index (κ2) is 6.01. The molecular formula is C18H27ClN4O2. The van der Waals surface area contributed by atoms with Crippen molar-refractivity contribution in [2.75, 3.05) is 5.32 Å². The second-order valence-electron chi connectivity index (χ2n) is 8.80. The van der Waals surface area contributed by atoms with E-state index in [-0.39, 0.29) is 23.2 Å². The van der Waals surface area contributed by atoms with Crippen LogP contribution in [0.15, 0.2) is 12.1 Å². The summed E-state index contributed by atoms with van der Waals surface area (Å²) in [5, 5.41) is 11.8. The van der Waals surface area contributed by atoms with Crippen LogP contribution in [0.5, 0.6) is 0 Å². The summed E-state index contributed by atoms with van der Waals surface area (Å²) in [5.41, 5.74) is -0.920. The molecule has 1 amide bonds. The molecule has 7 heteroatoms. The Morgan fingerprint density at radius 1 is 1.24 bits per heavy atom. The van der Waals surface area contributed by atoms with Crippen LogP contribution in [0, 0.1) is 0 Å². The van der Waals surface area contributed by atoms with Crippen molar-refractivity contribution < 1.29 is 9.53 Å². The normalized spacial score (nSPS) is 31.8. The highest BCUT2D eigenvalue weighted by molar-refractivity contribution is 6.29. The van der Waals surface area contributed by atoms with Crippen LogP contribution in [-0.4, -0.2) is 43.9 Å². The molecule has 1 aromatic rings. The van der Waals surface area contributed by atoms with E-state index in [2.05, 4.69) is 29.4 Å². The van der Waals surface area contributed by atoms with Gasteiger partial charge in [0.25, 0.3) is 0 Å². The van der Waals surface area contributed by atoms with E-state index in [9.17, 15) is 4.79 Å². The van der Waals surface area contributed by atoms with E-state index in [1.807, 2.05) is 31.7 Å². The van der Waals surface area contributed by atoms with Crippen molar-refractivity contribution in [3.05, 3.63) is 17.3 Å². The highest BCUT2D eigenvalue weighted by Crippen LogP contribution is 2.51. The Labute approximate surface area is 154 Å². The summed E-state index contributed by atoms with van der Waals surface area (Å²) in [6.07, 6.45) is 3.46. The number of amides is 1. The van der Waals surface area contributed by atoms with Gasteiger partial charge in [0.05, 0.1) is 0 Å². The third kappa shape index (κ3) is 3.68. The lowest BCUT2D eigenvalue weighted by molar-refractivity contribution is -0.0339. The Morgan fingerprint density at radius 3 is 2.32 bits per heavy atom. The van der Waals surface area contributed by atoms with Crippen molar-refractivity contribution in [2.45, 2.75) is 83.0 Å². The SMILES string of the molecule is CC(C)(C)OC(=O)N1[C@@]2(C)CC[C@]1(C)C[C@@H](Nc1ccc(Cl)nn1)C2. The summed E-state index contributed by atoms with van der Waals surface area (Å²) in [6, 6.07) is 3.79. The first-order chi connectivity index (χ1) is 11.5. The molecule has 0 saturated carbocycles. The van der Waals surface area contributed by atoms with Crippen molar-refractivity contribution in [3.8, 4) is 0 Å². The summed E-state index contributed by atoms with van der Waals surface area (Å²) in [6.45, 7) is 10.0. The quantitative estimate of drug-likeness (QED) is 0.847. The van der Waals surface area contributed by atoms with Gasteiger partial charge in [0.15, 0.2) is 5.15 Å². The van der Waals surface area contributed by atoms with E-state index in [0.717, 1.165) is 25.7 Å². The van der Waals surface area contributed by atoms with Crippen LogP contribution in [-0.2, 0) is 4.74 Å². The van der Waals surface area contributed by atoms with Crippen LogP contribution in [0.1, 0.15) is 60.3 Å². The number of carbonyl (C=O) groups is 1. The van der Waals surface area contributed by atoms with Crippen molar-refractivity contribution >= 4 is 23.5 Å². The molecule has 2 aliphatic heterocycles. The molecule has 2 aliphatic rings. The number of fused-ring (bicyclic) bond motifs is 2. The first-order valence-electron chi connectivity index (χ1n) is 8.80. The number of rotatable bonds is 2. The zero-order valence-corrected chi connectivity index (χ0v) is 16.4. The fourth-order valence-corrected chi connectivity index (χ4v) is 4.49. The monoisotopic (exact) mass is 366 g/mol. The number of hydrogen-bond acceptors (Lipinski definition) is 5. The van der Waals surface area contributed by atoms with Gasteiger partial charge in [0, 0.05) is 17.1 Å². The van der Waals surface area contributed by atoms with Crippen LogP contribution >= 0.6 is 11.6 Å². The van der Waals surface area contributed by atoms with Gasteiger partial charge in [0.2, 0.25) is 0 Å². The molecule has 2 saturated heterocycles. The summed E-state index contributed by atoms with van der Waals surface area (Å²) in [5.74, 6) is 0.715. The zero-order chi connectivity index (χ0) is 18.5. The minimum Gasteiger partial charge on any atom is -0.444 e. The first kappa shape index (κ1) is 18.2. The van der Waals surface area contributed by atoms with Crippen LogP contribution < -0.4 is 5.32 Å². The summed E-state index contributed by atoms with van der Waals surface area (Å²) < 4.78 is 5.68. The predicted octanol–water partition coefficient (Wildman–Crippen LogP) is 4.25. The third-order valence-corrected chi connectivity index (χ3v) is 5.42. The van der Waals surface area contributed by atoms with Gasteiger partial charge in [0.1, 0.15) is 11.4 Å². The molecule has 138 valence electrons. The van der Waals surface area contributed by atoms with Crippen LogP contribution in [0.3, 0.4) is 0 Å². The van der Waals surface area contributed by atoms with Gasteiger partial charge in [-0.1, -0.05) is 11.6 Å². The summed E-state index contributed by atoms with van der Waals surface area (Å²) in [7, 11) is 0. The number of nitrogens with zero attached hydrogens (tertiary/aromatic N) is 3. The topological polar surface area (TPSA) is 67.3 Å². The van der Waals surface area contributed by atoms with Crippen molar-refractivity contribution in [3.63, 3.8) is 0 Å². The standard InChI is InChI=1S/C18H27ClN4O2/c1-16(2,3)25-15(24)23-17(4)8-9-18(23,5)11-12(10-17)20-14-7-6-13(19)21-22-14/h6-7,12H,8-11H2,1-5H3,(H,20,22)/t12-,17-,18+. The largest absolute Gasteiger partial charge is 0.444 e. The van der Waals surface area contributed by atoms with E-state index in [1.54, 1.807) is 6.07 Å². The molecule has 0 aromatic carbocycles. The molecule has 3 heterocycles. The second-order valence-corrected chi connectivity index (χ2v) is 9.19. The Kier molecular flexibility index (Phi) is 4.38. The third-order valence-electron chi connectivity index (χ3n) is 5.21.